The Morgan fingerprint density at radius 3 is 2.58 bits per heavy atom. The zero-order valence-electron chi connectivity index (χ0n) is 14.0. The van der Waals surface area contributed by atoms with E-state index in [0.717, 1.165) is 5.69 Å². The fourth-order valence-electron chi connectivity index (χ4n) is 2.44. The van der Waals surface area contributed by atoms with E-state index < -0.39 is 0 Å². The number of nitrogens with one attached hydrogen (secondary N) is 1. The van der Waals surface area contributed by atoms with Crippen molar-refractivity contribution >= 4 is 46.4 Å². The molecule has 0 atom stereocenters. The van der Waals surface area contributed by atoms with Gasteiger partial charge in [-0.1, -0.05) is 47.5 Å². The van der Waals surface area contributed by atoms with Gasteiger partial charge in [-0.25, -0.2) is 9.97 Å². The molecule has 0 spiro atoms. The molecule has 0 unspecified atom stereocenters. The number of para-hydroxylation sites is 1. The molecule has 0 fully saturated rings. The molecule has 2 aromatic carbocycles. The fraction of sp³-hybridized carbons (Fsp3) is 0.105. The Hall–Kier alpha value is -2.63. The molecule has 3 rings (SSSR count). The van der Waals surface area contributed by atoms with Gasteiger partial charge < -0.3 is 10.2 Å². The molecule has 0 bridgehead atoms. The highest BCUT2D eigenvalue weighted by Crippen LogP contribution is 2.30. The molecule has 0 radical (unpaired) electrons. The van der Waals surface area contributed by atoms with Crippen LogP contribution >= 0.6 is 23.2 Å². The van der Waals surface area contributed by atoms with Gasteiger partial charge in [0.15, 0.2) is 0 Å². The average Bonchev–Trinajstić information content (AvgIpc) is 2.67. The quantitative estimate of drug-likeness (QED) is 0.654. The Morgan fingerprint density at radius 1 is 1.08 bits per heavy atom. The van der Waals surface area contributed by atoms with E-state index in [4.69, 9.17) is 23.2 Å². The lowest BCUT2D eigenvalue weighted by atomic mass is 10.3. The minimum atomic E-state index is -0.387. The smallest absolute Gasteiger partial charge is 0.274 e. The SMILES string of the molecule is CCN(c1ccccc1)c1nccc(C(=O)Nc2cccc(Cl)c2Cl)n1. The van der Waals surface area contributed by atoms with Gasteiger partial charge in [0.25, 0.3) is 5.91 Å². The molecule has 7 heteroatoms. The second kappa shape index (κ2) is 8.17. The fourth-order valence-corrected chi connectivity index (χ4v) is 2.79. The summed E-state index contributed by atoms with van der Waals surface area (Å²) in [6.07, 6.45) is 1.56. The van der Waals surface area contributed by atoms with Crippen molar-refractivity contribution in [3.63, 3.8) is 0 Å². The molecule has 1 heterocycles. The Morgan fingerprint density at radius 2 is 1.85 bits per heavy atom. The van der Waals surface area contributed by atoms with Gasteiger partial charge in [-0.2, -0.15) is 0 Å². The Balaban J connectivity index is 1.86. The lowest BCUT2D eigenvalue weighted by Crippen LogP contribution is -2.21. The van der Waals surface area contributed by atoms with Crippen LogP contribution in [-0.2, 0) is 0 Å². The van der Waals surface area contributed by atoms with Crippen LogP contribution in [0.4, 0.5) is 17.3 Å². The Bertz CT molecular complexity index is 918. The first-order valence-corrected chi connectivity index (χ1v) is 8.76. The van der Waals surface area contributed by atoms with Crippen molar-refractivity contribution in [2.24, 2.45) is 0 Å². The van der Waals surface area contributed by atoms with Crippen molar-refractivity contribution < 1.29 is 4.79 Å². The summed E-state index contributed by atoms with van der Waals surface area (Å²) in [5.74, 6) is 0.0606. The summed E-state index contributed by atoms with van der Waals surface area (Å²) in [5.41, 5.74) is 1.62. The maximum Gasteiger partial charge on any atom is 0.274 e. The summed E-state index contributed by atoms with van der Waals surface area (Å²) < 4.78 is 0. The monoisotopic (exact) mass is 386 g/mol. The third-order valence-electron chi connectivity index (χ3n) is 3.70. The Kier molecular flexibility index (Phi) is 5.71. The molecule has 1 N–H and O–H groups in total. The van der Waals surface area contributed by atoms with E-state index in [9.17, 15) is 4.79 Å². The predicted molar refractivity (Wildman–Crippen MR) is 106 cm³/mol. The molecule has 0 aliphatic rings. The molecule has 0 aliphatic heterocycles. The van der Waals surface area contributed by atoms with Crippen molar-refractivity contribution in [3.8, 4) is 0 Å². The third-order valence-corrected chi connectivity index (χ3v) is 4.52. The zero-order valence-corrected chi connectivity index (χ0v) is 15.5. The Labute approximate surface area is 161 Å². The highest BCUT2D eigenvalue weighted by atomic mass is 35.5. The van der Waals surface area contributed by atoms with E-state index in [-0.39, 0.29) is 16.6 Å². The van der Waals surface area contributed by atoms with Gasteiger partial charge >= 0.3 is 0 Å². The topological polar surface area (TPSA) is 58.1 Å². The number of carbonyl (C=O) groups is 1. The van der Waals surface area contributed by atoms with Crippen LogP contribution in [0.2, 0.25) is 10.0 Å². The van der Waals surface area contributed by atoms with Gasteiger partial charge in [0.05, 0.1) is 15.7 Å². The largest absolute Gasteiger partial charge is 0.319 e. The van der Waals surface area contributed by atoms with Gasteiger partial charge in [0.2, 0.25) is 5.95 Å². The van der Waals surface area contributed by atoms with E-state index in [1.165, 1.54) is 0 Å². The van der Waals surface area contributed by atoms with Crippen LogP contribution in [0.5, 0.6) is 0 Å². The first-order chi connectivity index (χ1) is 12.6. The molecule has 3 aromatic rings. The highest BCUT2D eigenvalue weighted by molar-refractivity contribution is 6.44. The summed E-state index contributed by atoms with van der Waals surface area (Å²) in [6.45, 7) is 2.66. The van der Waals surface area contributed by atoms with Crippen molar-refractivity contribution in [2.75, 3.05) is 16.8 Å². The molecular weight excluding hydrogens is 371 g/mol. The molecule has 132 valence electrons. The molecule has 0 saturated heterocycles. The number of nitrogens with zero attached hydrogens (tertiary/aromatic N) is 3. The average molecular weight is 387 g/mol. The minimum Gasteiger partial charge on any atom is -0.319 e. The van der Waals surface area contributed by atoms with E-state index in [2.05, 4.69) is 15.3 Å². The van der Waals surface area contributed by atoms with E-state index in [1.54, 1.807) is 30.5 Å². The maximum absolute atomic E-state index is 12.6. The number of benzene rings is 2. The zero-order chi connectivity index (χ0) is 18.5. The van der Waals surface area contributed by atoms with E-state index in [1.807, 2.05) is 42.2 Å². The van der Waals surface area contributed by atoms with Gasteiger partial charge in [0.1, 0.15) is 5.69 Å². The van der Waals surface area contributed by atoms with Gasteiger partial charge in [-0.05, 0) is 37.3 Å². The van der Waals surface area contributed by atoms with Crippen molar-refractivity contribution in [3.05, 3.63) is 76.5 Å². The van der Waals surface area contributed by atoms with Crippen molar-refractivity contribution in [1.29, 1.82) is 0 Å². The van der Waals surface area contributed by atoms with Crippen LogP contribution in [0.25, 0.3) is 0 Å². The first kappa shape index (κ1) is 18.2. The van der Waals surface area contributed by atoms with Crippen molar-refractivity contribution in [1.82, 2.24) is 9.97 Å². The minimum absolute atomic E-state index is 0.237. The molecule has 0 aliphatic carbocycles. The second-order valence-electron chi connectivity index (χ2n) is 5.38. The van der Waals surface area contributed by atoms with Crippen LogP contribution in [0.15, 0.2) is 60.8 Å². The van der Waals surface area contributed by atoms with Crippen LogP contribution in [0.1, 0.15) is 17.4 Å². The number of aromatic nitrogens is 2. The predicted octanol–water partition coefficient (Wildman–Crippen LogP) is 5.19. The number of carbonyl (C=O) groups excluding carboxylic acids is 1. The summed E-state index contributed by atoms with van der Waals surface area (Å²) in [6, 6.07) is 16.3. The molecule has 26 heavy (non-hydrogen) atoms. The number of anilines is 3. The number of amides is 1. The normalized spacial score (nSPS) is 10.4. The summed E-state index contributed by atoms with van der Waals surface area (Å²) >= 11 is 12.1. The van der Waals surface area contributed by atoms with Gasteiger partial charge in [-0.15, -0.1) is 0 Å². The number of hydrogen-bond acceptors (Lipinski definition) is 4. The molecule has 1 amide bonds. The van der Waals surface area contributed by atoms with Crippen LogP contribution < -0.4 is 10.2 Å². The summed E-state index contributed by atoms with van der Waals surface area (Å²) in [5, 5.41) is 3.38. The number of rotatable bonds is 5. The van der Waals surface area contributed by atoms with Crippen molar-refractivity contribution in [2.45, 2.75) is 6.92 Å². The van der Waals surface area contributed by atoms with Crippen LogP contribution in [0, 0.1) is 0 Å². The maximum atomic E-state index is 12.6. The van der Waals surface area contributed by atoms with Crippen LogP contribution in [-0.4, -0.2) is 22.4 Å². The van der Waals surface area contributed by atoms with Gasteiger partial charge in [0, 0.05) is 18.4 Å². The lowest BCUT2D eigenvalue weighted by molar-refractivity contribution is 0.102. The lowest BCUT2D eigenvalue weighted by Gasteiger charge is -2.21. The van der Waals surface area contributed by atoms with E-state index in [0.29, 0.717) is 23.2 Å². The van der Waals surface area contributed by atoms with Crippen LogP contribution in [0.3, 0.4) is 0 Å². The number of halogens is 2. The first-order valence-electron chi connectivity index (χ1n) is 8.01. The molecule has 1 aromatic heterocycles. The standard InChI is InChI=1S/C19H16Cl2N4O/c1-2-25(13-7-4-3-5-8-13)19-22-12-11-16(24-19)18(26)23-15-10-6-9-14(20)17(15)21/h3-12H,2H2,1H3,(H,23,26). The summed E-state index contributed by atoms with van der Waals surface area (Å²) in [4.78, 5) is 23.2. The second-order valence-corrected chi connectivity index (χ2v) is 6.16. The third kappa shape index (κ3) is 3.95. The molecule has 0 saturated carbocycles. The molecular formula is C19H16Cl2N4O. The van der Waals surface area contributed by atoms with Gasteiger partial charge in [-0.3, -0.25) is 4.79 Å². The summed E-state index contributed by atoms with van der Waals surface area (Å²) in [7, 11) is 0. The highest BCUT2D eigenvalue weighted by Gasteiger charge is 2.15. The van der Waals surface area contributed by atoms with E-state index >= 15 is 0 Å². The molecule has 5 nitrogen and oxygen atoms in total. The number of hydrogen-bond donors (Lipinski definition) is 1.